The van der Waals surface area contributed by atoms with Crippen molar-refractivity contribution in [3.05, 3.63) is 100 Å². The van der Waals surface area contributed by atoms with Crippen molar-refractivity contribution < 1.29 is 19.4 Å². The fourth-order valence-electron chi connectivity index (χ4n) is 4.23. The lowest BCUT2D eigenvalue weighted by Crippen LogP contribution is -2.53. The first-order valence-electron chi connectivity index (χ1n) is 13.0. The van der Waals surface area contributed by atoms with Crippen LogP contribution in [0, 0.1) is 0 Å². The van der Waals surface area contributed by atoms with Crippen molar-refractivity contribution >= 4 is 27.7 Å². The van der Waals surface area contributed by atoms with Crippen LogP contribution >= 0.6 is 15.9 Å². The molecular formula is C30H34BrN3O4. The van der Waals surface area contributed by atoms with Gasteiger partial charge in [-0.05, 0) is 60.7 Å². The molecule has 1 heterocycles. The molecule has 0 radical (unpaired) electrons. The van der Waals surface area contributed by atoms with Crippen LogP contribution in [0.3, 0.4) is 0 Å². The number of aliphatic hydroxyl groups excluding tert-OH is 1. The Morgan fingerprint density at radius 3 is 2.53 bits per heavy atom. The Kier molecular flexibility index (Phi) is 10.3. The van der Waals surface area contributed by atoms with Crippen LogP contribution in [0.5, 0.6) is 5.75 Å². The van der Waals surface area contributed by atoms with Crippen LogP contribution in [0.25, 0.3) is 0 Å². The summed E-state index contributed by atoms with van der Waals surface area (Å²) >= 11 is 3.60. The number of hydrogen-bond acceptors (Lipinski definition) is 6. The quantitative estimate of drug-likeness (QED) is 0.191. The number of amides is 1. The number of rotatable bonds is 14. The molecule has 0 spiro atoms. The zero-order valence-corrected chi connectivity index (χ0v) is 23.0. The second kappa shape index (κ2) is 14.1. The summed E-state index contributed by atoms with van der Waals surface area (Å²) < 4.78 is 12.5. The van der Waals surface area contributed by atoms with E-state index >= 15 is 0 Å². The fraction of sp³-hybridized carbons (Fsp3) is 0.333. The van der Waals surface area contributed by atoms with E-state index in [0.29, 0.717) is 37.6 Å². The Morgan fingerprint density at radius 1 is 1.00 bits per heavy atom. The molecule has 8 heteroatoms. The van der Waals surface area contributed by atoms with E-state index in [4.69, 9.17) is 19.6 Å². The van der Waals surface area contributed by atoms with Crippen LogP contribution in [0.2, 0.25) is 0 Å². The molecule has 38 heavy (non-hydrogen) atoms. The van der Waals surface area contributed by atoms with E-state index in [-0.39, 0.29) is 19.1 Å². The molecule has 7 nitrogen and oxygen atoms in total. The number of carbonyl (C=O) groups excluding carboxylic acids is 1. The normalized spacial score (nSPS) is 16.5. The topological polar surface area (TPSA) is 92.2 Å². The smallest absolute Gasteiger partial charge is 0.266 e. The molecule has 0 bridgehead atoms. The first kappa shape index (κ1) is 27.8. The van der Waals surface area contributed by atoms with Gasteiger partial charge in [0.05, 0.1) is 6.61 Å². The molecule has 0 unspecified atom stereocenters. The first-order valence-corrected chi connectivity index (χ1v) is 13.8. The average molecular weight is 581 g/mol. The predicted molar refractivity (Wildman–Crippen MR) is 152 cm³/mol. The van der Waals surface area contributed by atoms with E-state index < -0.39 is 5.54 Å². The number of halogens is 1. The van der Waals surface area contributed by atoms with Gasteiger partial charge in [-0.25, -0.2) is 10.4 Å². The van der Waals surface area contributed by atoms with Crippen LogP contribution in [0.15, 0.2) is 88.3 Å². The standard InChI is InChI=1S/C30H34BrN3O4/c31-27-13-5-4-12-25(27)21-30(29(36)34-32-18-7-6-11-23-9-2-1-3-10-23)22-38-28(33-30)24-14-16-26(17-15-24)37-20-8-19-35/h1-5,9-10,12-17,32,35H,6-8,11,18-22H2,(H,34,36)/t30-/m0/s1. The van der Waals surface area contributed by atoms with Crippen molar-refractivity contribution in [1.29, 1.82) is 0 Å². The van der Waals surface area contributed by atoms with Crippen LogP contribution in [-0.2, 0) is 22.4 Å². The second-order valence-electron chi connectivity index (χ2n) is 9.28. The van der Waals surface area contributed by atoms with Gasteiger partial charge in [-0.3, -0.25) is 10.2 Å². The van der Waals surface area contributed by atoms with Crippen molar-refractivity contribution in [1.82, 2.24) is 10.9 Å². The summed E-state index contributed by atoms with van der Waals surface area (Å²) in [6, 6.07) is 25.6. The Hall–Kier alpha value is -3.20. The minimum Gasteiger partial charge on any atom is -0.494 e. The van der Waals surface area contributed by atoms with Gasteiger partial charge in [-0.15, -0.1) is 0 Å². The van der Waals surface area contributed by atoms with Gasteiger partial charge in [-0.2, -0.15) is 0 Å². The summed E-state index contributed by atoms with van der Waals surface area (Å²) in [5.41, 5.74) is 7.94. The van der Waals surface area contributed by atoms with Gasteiger partial charge in [0.1, 0.15) is 12.4 Å². The molecule has 200 valence electrons. The zero-order chi connectivity index (χ0) is 26.6. The number of carbonyl (C=O) groups is 1. The first-order chi connectivity index (χ1) is 18.6. The van der Waals surface area contributed by atoms with Gasteiger partial charge in [-0.1, -0.05) is 64.5 Å². The SMILES string of the molecule is O=C(NNCCCCc1ccccc1)[C@]1(Cc2ccccc2Br)COC(c2ccc(OCCCO)cc2)=N1. The lowest BCUT2D eigenvalue weighted by Gasteiger charge is -2.24. The molecule has 1 atom stereocenters. The minimum atomic E-state index is -1.10. The predicted octanol–water partition coefficient (Wildman–Crippen LogP) is 4.61. The number of benzene rings is 3. The highest BCUT2D eigenvalue weighted by Gasteiger charge is 2.45. The number of hydrogen-bond donors (Lipinski definition) is 3. The molecule has 1 amide bonds. The number of aryl methyl sites for hydroxylation is 1. The Labute approximate surface area is 232 Å². The van der Waals surface area contributed by atoms with Crippen molar-refractivity contribution in [2.45, 2.75) is 37.6 Å². The van der Waals surface area contributed by atoms with Gasteiger partial charge in [0, 0.05) is 36.0 Å². The molecule has 1 aliphatic rings. The molecule has 0 saturated heterocycles. The zero-order valence-electron chi connectivity index (χ0n) is 21.4. The number of aliphatic imine (C=N–C) groups is 1. The third-order valence-electron chi connectivity index (χ3n) is 6.36. The molecule has 3 aromatic carbocycles. The maximum atomic E-state index is 13.5. The van der Waals surface area contributed by atoms with E-state index in [1.54, 1.807) is 0 Å². The Bertz CT molecular complexity index is 1200. The average Bonchev–Trinajstić information content (AvgIpc) is 3.38. The van der Waals surface area contributed by atoms with E-state index in [1.165, 1.54) is 5.56 Å². The van der Waals surface area contributed by atoms with Gasteiger partial charge in [0.2, 0.25) is 5.90 Å². The van der Waals surface area contributed by atoms with Gasteiger partial charge in [0.15, 0.2) is 5.54 Å². The molecule has 1 aliphatic heterocycles. The van der Waals surface area contributed by atoms with Crippen LogP contribution in [-0.4, -0.2) is 48.8 Å². The fourth-order valence-corrected chi connectivity index (χ4v) is 4.66. The molecular weight excluding hydrogens is 546 g/mol. The van der Waals surface area contributed by atoms with E-state index in [9.17, 15) is 4.79 Å². The molecule has 3 aromatic rings. The lowest BCUT2D eigenvalue weighted by molar-refractivity contribution is -0.127. The van der Waals surface area contributed by atoms with Crippen molar-refractivity contribution in [2.75, 3.05) is 26.4 Å². The molecule has 0 saturated carbocycles. The molecule has 0 aromatic heterocycles. The largest absolute Gasteiger partial charge is 0.494 e. The number of unbranched alkanes of at least 4 members (excludes halogenated alkanes) is 1. The summed E-state index contributed by atoms with van der Waals surface area (Å²) in [7, 11) is 0. The summed E-state index contributed by atoms with van der Waals surface area (Å²) in [4.78, 5) is 18.3. The highest BCUT2D eigenvalue weighted by atomic mass is 79.9. The molecule has 0 aliphatic carbocycles. The maximum absolute atomic E-state index is 13.5. The highest BCUT2D eigenvalue weighted by Crippen LogP contribution is 2.30. The van der Waals surface area contributed by atoms with Gasteiger partial charge in [0.25, 0.3) is 5.91 Å². The lowest BCUT2D eigenvalue weighted by atomic mass is 9.91. The van der Waals surface area contributed by atoms with Crippen LogP contribution < -0.4 is 15.6 Å². The minimum absolute atomic E-state index is 0.0902. The van der Waals surface area contributed by atoms with Crippen molar-refractivity contribution in [3.8, 4) is 5.75 Å². The number of aliphatic hydroxyl groups is 1. The summed E-state index contributed by atoms with van der Waals surface area (Å²) in [6.07, 6.45) is 3.94. The van der Waals surface area contributed by atoms with E-state index in [2.05, 4.69) is 51.0 Å². The van der Waals surface area contributed by atoms with Gasteiger partial charge < -0.3 is 14.6 Å². The Balaban J connectivity index is 1.40. The third kappa shape index (κ3) is 7.66. The number of nitrogens with zero attached hydrogens (tertiary/aromatic N) is 1. The third-order valence-corrected chi connectivity index (χ3v) is 7.13. The molecule has 3 N–H and O–H groups in total. The van der Waals surface area contributed by atoms with Crippen LogP contribution in [0.1, 0.15) is 36.0 Å². The Morgan fingerprint density at radius 2 is 1.76 bits per heavy atom. The summed E-state index contributed by atoms with van der Waals surface area (Å²) in [6.45, 7) is 1.34. The van der Waals surface area contributed by atoms with Crippen LogP contribution in [0.4, 0.5) is 0 Å². The van der Waals surface area contributed by atoms with Crippen molar-refractivity contribution in [3.63, 3.8) is 0 Å². The maximum Gasteiger partial charge on any atom is 0.266 e. The van der Waals surface area contributed by atoms with Crippen molar-refractivity contribution in [2.24, 2.45) is 4.99 Å². The van der Waals surface area contributed by atoms with Gasteiger partial charge >= 0.3 is 0 Å². The molecule has 4 rings (SSSR count). The monoisotopic (exact) mass is 579 g/mol. The molecule has 0 fully saturated rings. The summed E-state index contributed by atoms with van der Waals surface area (Å²) in [5.74, 6) is 0.904. The summed E-state index contributed by atoms with van der Waals surface area (Å²) in [5, 5.41) is 8.93. The number of hydrazine groups is 1. The number of nitrogens with one attached hydrogen (secondary N) is 2. The highest BCUT2D eigenvalue weighted by molar-refractivity contribution is 9.10. The second-order valence-corrected chi connectivity index (χ2v) is 10.1. The number of ether oxygens (including phenoxy) is 2. The van der Waals surface area contributed by atoms with E-state index in [0.717, 1.165) is 34.9 Å². The van der Waals surface area contributed by atoms with E-state index in [1.807, 2.05) is 54.6 Å².